The normalized spacial score (nSPS) is 9.40. The number of hydrogen-bond acceptors (Lipinski definition) is 3. The molecule has 1 aromatic carbocycles. The van der Waals surface area contributed by atoms with Gasteiger partial charge in [0.1, 0.15) is 12.4 Å². The average Bonchev–Trinajstić information content (AvgIpc) is 2.28. The van der Waals surface area contributed by atoms with Crippen molar-refractivity contribution >= 4 is 5.91 Å². The lowest BCUT2D eigenvalue weighted by Gasteiger charge is -2.04. The van der Waals surface area contributed by atoms with Gasteiger partial charge in [-0.1, -0.05) is 24.8 Å². The fraction of sp³-hybridized carbons (Fsp3) is 0.182. The predicted octanol–water partition coefficient (Wildman–Crippen LogP) is 1.30. The topological polar surface area (TPSA) is 58.6 Å². The molecule has 4 nitrogen and oxygen atoms in total. The molecule has 0 saturated heterocycles. The highest BCUT2D eigenvalue weighted by molar-refractivity contribution is 5.77. The van der Waals surface area contributed by atoms with Gasteiger partial charge in [0.2, 0.25) is 5.91 Å². The third-order valence-corrected chi connectivity index (χ3v) is 1.78. The van der Waals surface area contributed by atoms with E-state index in [1.807, 2.05) is 0 Å². The molecule has 15 heavy (non-hydrogen) atoms. The Morgan fingerprint density at radius 1 is 1.47 bits per heavy atom. The lowest BCUT2D eigenvalue weighted by Crippen LogP contribution is -2.20. The molecule has 0 radical (unpaired) electrons. The van der Waals surface area contributed by atoms with Crippen molar-refractivity contribution < 1.29 is 14.7 Å². The van der Waals surface area contributed by atoms with Gasteiger partial charge in [0.15, 0.2) is 0 Å². The van der Waals surface area contributed by atoms with Crippen LogP contribution < -0.4 is 10.2 Å². The largest absolute Gasteiger partial charge is 0.490 e. The molecular formula is C11H13NO3. The Hall–Kier alpha value is -1.81. The smallest absolute Gasteiger partial charge is 0.247 e. The van der Waals surface area contributed by atoms with Gasteiger partial charge in [-0.15, -0.1) is 0 Å². The minimum atomic E-state index is -0.435. The molecule has 1 aromatic rings. The van der Waals surface area contributed by atoms with Gasteiger partial charge >= 0.3 is 0 Å². The van der Waals surface area contributed by atoms with Crippen molar-refractivity contribution in [1.29, 1.82) is 0 Å². The van der Waals surface area contributed by atoms with Crippen molar-refractivity contribution in [3.05, 3.63) is 42.5 Å². The molecule has 4 heteroatoms. The van der Waals surface area contributed by atoms with Gasteiger partial charge in [-0.05, 0) is 17.7 Å². The van der Waals surface area contributed by atoms with Gasteiger partial charge in [0, 0.05) is 0 Å². The van der Waals surface area contributed by atoms with Gasteiger partial charge in [0.25, 0.3) is 0 Å². The number of hydrogen-bond donors (Lipinski definition) is 2. The highest BCUT2D eigenvalue weighted by Gasteiger charge is 2.01. The second kappa shape index (κ2) is 5.82. The summed E-state index contributed by atoms with van der Waals surface area (Å²) in [5.41, 5.74) is 2.39. The van der Waals surface area contributed by atoms with Crippen LogP contribution in [-0.2, 0) is 11.2 Å². The Morgan fingerprint density at radius 3 is 2.67 bits per heavy atom. The van der Waals surface area contributed by atoms with Crippen LogP contribution >= 0.6 is 0 Å². The molecule has 0 bridgehead atoms. The van der Waals surface area contributed by atoms with Crippen LogP contribution in [0.5, 0.6) is 5.75 Å². The van der Waals surface area contributed by atoms with E-state index in [-0.39, 0.29) is 6.42 Å². The monoisotopic (exact) mass is 207 g/mol. The Morgan fingerprint density at radius 2 is 2.13 bits per heavy atom. The van der Waals surface area contributed by atoms with Crippen LogP contribution in [0.3, 0.4) is 0 Å². The second-order valence-corrected chi connectivity index (χ2v) is 2.96. The summed E-state index contributed by atoms with van der Waals surface area (Å²) >= 11 is 0. The summed E-state index contributed by atoms with van der Waals surface area (Å²) in [6.45, 7) is 3.99. The van der Waals surface area contributed by atoms with E-state index < -0.39 is 5.91 Å². The minimum absolute atomic E-state index is 0.151. The van der Waals surface area contributed by atoms with Crippen molar-refractivity contribution in [3.8, 4) is 5.75 Å². The average molecular weight is 207 g/mol. The molecule has 0 aromatic heterocycles. The number of amides is 1. The van der Waals surface area contributed by atoms with Gasteiger partial charge in [-0.2, -0.15) is 0 Å². The van der Waals surface area contributed by atoms with Gasteiger partial charge < -0.3 is 4.74 Å². The second-order valence-electron chi connectivity index (χ2n) is 2.96. The van der Waals surface area contributed by atoms with Crippen LogP contribution in [0.2, 0.25) is 0 Å². The molecule has 0 spiro atoms. The van der Waals surface area contributed by atoms with Crippen LogP contribution in [0.15, 0.2) is 36.9 Å². The summed E-state index contributed by atoms with van der Waals surface area (Å²) in [4.78, 5) is 10.8. The molecule has 1 rings (SSSR count). The molecule has 0 aliphatic rings. The van der Waals surface area contributed by atoms with Crippen molar-refractivity contribution in [2.24, 2.45) is 0 Å². The van der Waals surface area contributed by atoms with Crippen LogP contribution in [0.25, 0.3) is 0 Å². The summed E-state index contributed by atoms with van der Waals surface area (Å²) in [6.07, 6.45) is 1.81. The van der Waals surface area contributed by atoms with Crippen LogP contribution in [0.4, 0.5) is 0 Å². The maximum atomic E-state index is 10.8. The Kier molecular flexibility index (Phi) is 4.37. The van der Waals surface area contributed by atoms with Crippen molar-refractivity contribution in [2.45, 2.75) is 6.42 Å². The van der Waals surface area contributed by atoms with Crippen LogP contribution in [-0.4, -0.2) is 17.7 Å². The van der Waals surface area contributed by atoms with E-state index in [9.17, 15) is 4.79 Å². The Balaban J connectivity index is 2.55. The highest BCUT2D eigenvalue weighted by Crippen LogP contribution is 2.12. The number of rotatable bonds is 5. The number of ether oxygens (including phenoxy) is 1. The standard InChI is InChI=1S/C11H13NO3/c1-2-7-15-10-5-3-9(4-6-10)8-11(13)12-14/h2-6,14H,1,7-8H2,(H,12,13). The number of benzene rings is 1. The van der Waals surface area contributed by atoms with Crippen LogP contribution in [0, 0.1) is 0 Å². The molecule has 0 aliphatic carbocycles. The SMILES string of the molecule is C=CCOc1ccc(CC(=O)NO)cc1. The van der Waals surface area contributed by atoms with Crippen molar-refractivity contribution in [2.75, 3.05) is 6.61 Å². The lowest BCUT2D eigenvalue weighted by molar-refractivity contribution is -0.128. The quantitative estimate of drug-likeness (QED) is 0.434. The summed E-state index contributed by atoms with van der Waals surface area (Å²) in [7, 11) is 0. The summed E-state index contributed by atoms with van der Waals surface area (Å²) < 4.78 is 5.27. The lowest BCUT2D eigenvalue weighted by atomic mass is 10.1. The van der Waals surface area contributed by atoms with E-state index in [0.717, 1.165) is 11.3 Å². The first-order chi connectivity index (χ1) is 7.26. The third kappa shape index (κ3) is 3.83. The first kappa shape index (κ1) is 11.3. The number of hydroxylamine groups is 1. The molecule has 2 N–H and O–H groups in total. The van der Waals surface area contributed by atoms with E-state index in [2.05, 4.69) is 6.58 Å². The van der Waals surface area contributed by atoms with Crippen molar-refractivity contribution in [1.82, 2.24) is 5.48 Å². The molecule has 80 valence electrons. The van der Waals surface area contributed by atoms with Gasteiger partial charge in [-0.3, -0.25) is 10.0 Å². The zero-order valence-electron chi connectivity index (χ0n) is 8.27. The molecule has 0 heterocycles. The highest BCUT2D eigenvalue weighted by atomic mass is 16.5. The van der Waals surface area contributed by atoms with E-state index in [1.165, 1.54) is 0 Å². The summed E-state index contributed by atoms with van der Waals surface area (Å²) in [5.74, 6) is 0.290. The maximum absolute atomic E-state index is 10.8. The Bertz CT molecular complexity index is 332. The first-order valence-corrected chi connectivity index (χ1v) is 4.52. The van der Waals surface area contributed by atoms with E-state index in [1.54, 1.807) is 35.8 Å². The predicted molar refractivity (Wildman–Crippen MR) is 55.8 cm³/mol. The number of carbonyl (C=O) groups is 1. The molecule has 0 saturated carbocycles. The van der Waals surface area contributed by atoms with E-state index >= 15 is 0 Å². The zero-order chi connectivity index (χ0) is 11.1. The fourth-order valence-corrected chi connectivity index (χ4v) is 1.08. The van der Waals surface area contributed by atoms with E-state index in [4.69, 9.17) is 9.94 Å². The van der Waals surface area contributed by atoms with E-state index in [0.29, 0.717) is 6.61 Å². The fourth-order valence-electron chi connectivity index (χ4n) is 1.08. The minimum Gasteiger partial charge on any atom is -0.490 e. The number of nitrogens with one attached hydrogen (secondary N) is 1. The Labute approximate surface area is 88.1 Å². The first-order valence-electron chi connectivity index (χ1n) is 4.52. The number of carbonyl (C=O) groups excluding carboxylic acids is 1. The maximum Gasteiger partial charge on any atom is 0.247 e. The molecule has 0 fully saturated rings. The summed E-state index contributed by atoms with van der Waals surface area (Å²) in [6, 6.07) is 7.08. The molecular weight excluding hydrogens is 194 g/mol. The summed E-state index contributed by atoms with van der Waals surface area (Å²) in [5, 5.41) is 8.33. The molecule has 0 unspecified atom stereocenters. The van der Waals surface area contributed by atoms with Crippen molar-refractivity contribution in [3.63, 3.8) is 0 Å². The zero-order valence-corrected chi connectivity index (χ0v) is 8.27. The van der Waals surface area contributed by atoms with Gasteiger partial charge in [0.05, 0.1) is 6.42 Å². The van der Waals surface area contributed by atoms with Crippen LogP contribution in [0.1, 0.15) is 5.56 Å². The molecule has 1 amide bonds. The third-order valence-electron chi connectivity index (χ3n) is 1.78. The van der Waals surface area contributed by atoms with Gasteiger partial charge in [-0.25, -0.2) is 5.48 Å². The molecule has 0 aliphatic heterocycles. The molecule has 0 atom stereocenters.